The monoisotopic (exact) mass is 380 g/mol. The Hall–Kier alpha value is -1.23. The quantitative estimate of drug-likeness (QED) is 0.784. The Morgan fingerprint density at radius 3 is 2.70 bits per heavy atom. The molecule has 0 aromatic rings. The minimum Gasteiger partial charge on any atom is -0.379 e. The van der Waals surface area contributed by atoms with Gasteiger partial charge < -0.3 is 15.0 Å². The molecule has 2 aliphatic heterocycles. The molecular formula is C20H33FN4O2. The predicted molar refractivity (Wildman–Crippen MR) is 101 cm³/mol. The zero-order chi connectivity index (χ0) is 19.7. The standard InChI is InChI=1S/C20H33FN4O2/c1-19(2)15(13-24-6-8-27-9-7-24)4-5-20(19,3)23-12-18(26)25-14-16(21)10-17(25)11-22/h15-17,23H,4-10,12-14H2,1-3H3/t15-,16-,17-,20-/m0/s1. The van der Waals surface area contributed by atoms with Crippen LogP contribution in [0.4, 0.5) is 4.39 Å². The van der Waals surface area contributed by atoms with Crippen molar-refractivity contribution in [3.8, 4) is 6.07 Å². The van der Waals surface area contributed by atoms with E-state index in [2.05, 4.69) is 37.1 Å². The van der Waals surface area contributed by atoms with Crippen molar-refractivity contribution in [3.05, 3.63) is 0 Å². The van der Waals surface area contributed by atoms with E-state index in [0.29, 0.717) is 5.92 Å². The van der Waals surface area contributed by atoms with E-state index in [1.54, 1.807) is 0 Å². The molecule has 2 heterocycles. The number of rotatable bonds is 5. The first kappa shape index (κ1) is 20.5. The molecule has 3 aliphatic rings. The fraction of sp³-hybridized carbons (Fsp3) is 0.900. The highest BCUT2D eigenvalue weighted by atomic mass is 19.1. The van der Waals surface area contributed by atoms with E-state index < -0.39 is 12.2 Å². The summed E-state index contributed by atoms with van der Waals surface area (Å²) in [7, 11) is 0. The first-order chi connectivity index (χ1) is 12.8. The van der Waals surface area contributed by atoms with Crippen molar-refractivity contribution in [2.75, 3.05) is 45.9 Å². The van der Waals surface area contributed by atoms with E-state index in [1.165, 1.54) is 4.90 Å². The molecule has 0 aromatic heterocycles. The van der Waals surface area contributed by atoms with E-state index in [9.17, 15) is 9.18 Å². The van der Waals surface area contributed by atoms with Crippen LogP contribution in [0.1, 0.15) is 40.0 Å². The average molecular weight is 381 g/mol. The number of ether oxygens (including phenoxy) is 1. The summed E-state index contributed by atoms with van der Waals surface area (Å²) in [5, 5.41) is 12.6. The lowest BCUT2D eigenvalue weighted by molar-refractivity contribution is -0.131. The molecule has 0 spiro atoms. The van der Waals surface area contributed by atoms with Crippen LogP contribution in [0.5, 0.6) is 0 Å². The van der Waals surface area contributed by atoms with Gasteiger partial charge in [-0.15, -0.1) is 0 Å². The van der Waals surface area contributed by atoms with Crippen LogP contribution in [-0.4, -0.2) is 79.4 Å². The molecule has 2 saturated heterocycles. The number of hydrogen-bond acceptors (Lipinski definition) is 5. The van der Waals surface area contributed by atoms with Gasteiger partial charge in [-0.3, -0.25) is 9.69 Å². The molecule has 1 saturated carbocycles. The summed E-state index contributed by atoms with van der Waals surface area (Å²) >= 11 is 0. The fourth-order valence-corrected chi connectivity index (χ4v) is 4.88. The third kappa shape index (κ3) is 4.13. The Bertz CT molecular complexity index is 587. The molecule has 1 aliphatic carbocycles. The van der Waals surface area contributed by atoms with E-state index in [1.807, 2.05) is 0 Å². The molecule has 27 heavy (non-hydrogen) atoms. The van der Waals surface area contributed by atoms with Crippen LogP contribution in [0.2, 0.25) is 0 Å². The zero-order valence-electron chi connectivity index (χ0n) is 16.8. The highest BCUT2D eigenvalue weighted by Gasteiger charge is 2.51. The first-order valence-corrected chi connectivity index (χ1v) is 10.1. The van der Waals surface area contributed by atoms with Crippen LogP contribution in [0, 0.1) is 22.7 Å². The van der Waals surface area contributed by atoms with Crippen molar-refractivity contribution < 1.29 is 13.9 Å². The van der Waals surface area contributed by atoms with Gasteiger partial charge in [0.1, 0.15) is 12.2 Å². The zero-order valence-corrected chi connectivity index (χ0v) is 16.8. The second kappa shape index (κ2) is 8.02. The Labute approximate surface area is 162 Å². The van der Waals surface area contributed by atoms with Crippen molar-refractivity contribution in [2.45, 2.75) is 57.8 Å². The number of amides is 1. The van der Waals surface area contributed by atoms with Gasteiger partial charge in [-0.05, 0) is 31.1 Å². The number of nitriles is 1. The summed E-state index contributed by atoms with van der Waals surface area (Å²) in [6, 6.07) is 1.42. The number of carbonyl (C=O) groups excluding carboxylic acids is 1. The van der Waals surface area contributed by atoms with Crippen LogP contribution in [0.25, 0.3) is 0 Å². The second-order valence-electron chi connectivity index (χ2n) is 9.08. The lowest BCUT2D eigenvalue weighted by Gasteiger charge is -2.44. The van der Waals surface area contributed by atoms with Crippen LogP contribution < -0.4 is 5.32 Å². The summed E-state index contributed by atoms with van der Waals surface area (Å²) in [5.41, 5.74) is -0.121. The maximum Gasteiger partial charge on any atom is 0.237 e. The molecule has 4 atom stereocenters. The third-order valence-corrected chi connectivity index (χ3v) is 7.37. The summed E-state index contributed by atoms with van der Waals surface area (Å²) in [6.07, 6.45) is 1.18. The normalized spacial score (nSPS) is 36.7. The van der Waals surface area contributed by atoms with E-state index in [-0.39, 0.29) is 36.4 Å². The first-order valence-electron chi connectivity index (χ1n) is 10.1. The molecule has 0 unspecified atom stereocenters. The minimum atomic E-state index is -1.09. The van der Waals surface area contributed by atoms with Gasteiger partial charge >= 0.3 is 0 Å². The van der Waals surface area contributed by atoms with Gasteiger partial charge in [-0.2, -0.15) is 5.26 Å². The molecule has 0 aromatic carbocycles. The van der Waals surface area contributed by atoms with Gasteiger partial charge in [-0.25, -0.2) is 4.39 Å². The number of morpholine rings is 1. The molecule has 152 valence electrons. The lowest BCUT2D eigenvalue weighted by Crippen LogP contribution is -2.56. The molecule has 3 fully saturated rings. The number of hydrogen-bond donors (Lipinski definition) is 1. The Morgan fingerprint density at radius 1 is 1.33 bits per heavy atom. The van der Waals surface area contributed by atoms with Crippen molar-refractivity contribution in [2.24, 2.45) is 11.3 Å². The Kier molecular flexibility index (Phi) is 6.09. The number of halogens is 1. The Morgan fingerprint density at radius 2 is 2.04 bits per heavy atom. The average Bonchev–Trinajstić information content (AvgIpc) is 3.13. The molecular weight excluding hydrogens is 347 g/mol. The van der Waals surface area contributed by atoms with Gasteiger partial charge in [0.2, 0.25) is 5.91 Å². The summed E-state index contributed by atoms with van der Waals surface area (Å²) in [6.45, 7) is 11.6. The van der Waals surface area contributed by atoms with E-state index >= 15 is 0 Å². The van der Waals surface area contributed by atoms with Crippen molar-refractivity contribution in [3.63, 3.8) is 0 Å². The lowest BCUT2D eigenvalue weighted by atomic mass is 9.71. The summed E-state index contributed by atoms with van der Waals surface area (Å²) < 4.78 is 19.1. The SMILES string of the molecule is CC1(C)[C@H](CN2CCOCC2)CC[C@]1(C)NCC(=O)N1C[C@@H](F)C[C@H]1C#N. The summed E-state index contributed by atoms with van der Waals surface area (Å²) in [5.74, 6) is 0.382. The topological polar surface area (TPSA) is 68.6 Å². The van der Waals surface area contributed by atoms with Crippen LogP contribution >= 0.6 is 0 Å². The number of nitrogens with one attached hydrogen (secondary N) is 1. The third-order valence-electron chi connectivity index (χ3n) is 7.37. The predicted octanol–water partition coefficient (Wildman–Crippen LogP) is 1.57. The van der Waals surface area contributed by atoms with Crippen LogP contribution in [0.3, 0.4) is 0 Å². The second-order valence-corrected chi connectivity index (χ2v) is 9.08. The number of carbonyl (C=O) groups is 1. The maximum absolute atomic E-state index is 13.6. The maximum atomic E-state index is 13.6. The number of likely N-dealkylation sites (tertiary alicyclic amines) is 1. The molecule has 3 rings (SSSR count). The molecule has 1 amide bonds. The minimum absolute atomic E-state index is 0.0356. The van der Waals surface area contributed by atoms with Crippen molar-refractivity contribution in [1.29, 1.82) is 5.26 Å². The highest BCUT2D eigenvalue weighted by molar-refractivity contribution is 5.79. The van der Waals surface area contributed by atoms with Gasteiger partial charge in [-0.1, -0.05) is 13.8 Å². The van der Waals surface area contributed by atoms with Crippen LogP contribution in [-0.2, 0) is 9.53 Å². The van der Waals surface area contributed by atoms with Crippen LogP contribution in [0.15, 0.2) is 0 Å². The largest absolute Gasteiger partial charge is 0.379 e. The fourth-order valence-electron chi connectivity index (χ4n) is 4.88. The smallest absolute Gasteiger partial charge is 0.237 e. The van der Waals surface area contributed by atoms with Crippen molar-refractivity contribution in [1.82, 2.24) is 15.1 Å². The molecule has 1 N–H and O–H groups in total. The molecule has 7 heteroatoms. The Balaban J connectivity index is 1.57. The number of nitrogens with zero attached hydrogens (tertiary/aromatic N) is 3. The highest BCUT2D eigenvalue weighted by Crippen LogP contribution is 2.50. The van der Waals surface area contributed by atoms with E-state index in [0.717, 1.165) is 45.7 Å². The van der Waals surface area contributed by atoms with Gasteiger partial charge in [0.15, 0.2) is 0 Å². The van der Waals surface area contributed by atoms with Crippen molar-refractivity contribution >= 4 is 5.91 Å². The molecule has 0 bridgehead atoms. The summed E-state index contributed by atoms with van der Waals surface area (Å²) in [4.78, 5) is 16.5. The van der Waals surface area contributed by atoms with Gasteiger partial charge in [0, 0.05) is 31.6 Å². The van der Waals surface area contributed by atoms with Gasteiger partial charge in [0.25, 0.3) is 0 Å². The molecule has 6 nitrogen and oxygen atoms in total. The molecule has 0 radical (unpaired) electrons. The van der Waals surface area contributed by atoms with E-state index in [4.69, 9.17) is 10.00 Å². The van der Waals surface area contributed by atoms with Gasteiger partial charge in [0.05, 0.1) is 32.4 Å². The number of alkyl halides is 1.